The molecular formula is C12H13Ti. The van der Waals surface area contributed by atoms with Crippen molar-refractivity contribution in [2.45, 2.75) is 20.8 Å². The van der Waals surface area contributed by atoms with E-state index in [2.05, 4.69) is 45.4 Å². The van der Waals surface area contributed by atoms with Gasteiger partial charge in [0, 0.05) is 28.1 Å². The Morgan fingerprint density at radius 1 is 0.846 bits per heavy atom. The van der Waals surface area contributed by atoms with Crippen LogP contribution in [0.4, 0.5) is 0 Å². The van der Waals surface area contributed by atoms with Crippen LogP contribution in [0.15, 0.2) is 17.7 Å². The third-order valence-corrected chi connectivity index (χ3v) is 2.47. The van der Waals surface area contributed by atoms with Crippen LogP contribution in [0.5, 0.6) is 0 Å². The molecule has 0 saturated heterocycles. The van der Waals surface area contributed by atoms with Gasteiger partial charge in [-0.25, -0.2) is 0 Å². The predicted octanol–water partition coefficient (Wildman–Crippen LogP) is 3.27. The van der Waals surface area contributed by atoms with Gasteiger partial charge < -0.3 is 0 Å². The molecule has 65 valence electrons. The van der Waals surface area contributed by atoms with Crippen LogP contribution in [-0.4, -0.2) is 0 Å². The third kappa shape index (κ3) is 1.79. The Balaban J connectivity index is 0.000000845. The van der Waals surface area contributed by atoms with Gasteiger partial charge in [0.15, 0.2) is 0 Å². The molecule has 0 heterocycles. The van der Waals surface area contributed by atoms with E-state index in [0.29, 0.717) is 0 Å². The molecule has 0 saturated carbocycles. The number of hydrogen-bond donors (Lipinski definition) is 0. The van der Waals surface area contributed by atoms with Gasteiger partial charge >= 0.3 is 0 Å². The second-order valence-corrected chi connectivity index (χ2v) is 3.56. The van der Waals surface area contributed by atoms with Crippen molar-refractivity contribution in [1.29, 1.82) is 0 Å². The second-order valence-electron chi connectivity index (χ2n) is 3.56. The third-order valence-electron chi connectivity index (χ3n) is 2.47. The number of fused-ring (bicyclic) bond motifs is 1. The Kier molecular flexibility index (Phi) is 3.16. The van der Waals surface area contributed by atoms with E-state index >= 15 is 0 Å². The monoisotopic (exact) mass is 205 g/mol. The van der Waals surface area contributed by atoms with Crippen LogP contribution in [0.2, 0.25) is 0 Å². The zero-order chi connectivity index (χ0) is 8.72. The van der Waals surface area contributed by atoms with Gasteiger partial charge in [0.05, 0.1) is 0 Å². The Morgan fingerprint density at radius 3 is 1.92 bits per heavy atom. The van der Waals surface area contributed by atoms with Gasteiger partial charge in [-0.1, -0.05) is 23.8 Å². The first-order valence-electron chi connectivity index (χ1n) is 4.32. The van der Waals surface area contributed by atoms with Crippen LogP contribution < -0.4 is 0 Å². The number of aryl methyl sites for hydroxylation is 2. The molecule has 1 heteroatoms. The second kappa shape index (κ2) is 3.81. The van der Waals surface area contributed by atoms with Gasteiger partial charge in [0.1, 0.15) is 0 Å². The molecule has 0 nitrogen and oxygen atoms in total. The van der Waals surface area contributed by atoms with E-state index in [-0.39, 0.29) is 21.7 Å². The summed E-state index contributed by atoms with van der Waals surface area (Å²) in [5.41, 5.74) is 6.94. The molecule has 0 amide bonds. The Hall–Kier alpha value is -0.326. The first-order valence-corrected chi connectivity index (χ1v) is 4.32. The summed E-state index contributed by atoms with van der Waals surface area (Å²) < 4.78 is 0. The van der Waals surface area contributed by atoms with E-state index in [9.17, 15) is 0 Å². The minimum Gasteiger partial charge on any atom is -0.0642 e. The fourth-order valence-electron chi connectivity index (χ4n) is 1.73. The molecule has 1 aromatic carbocycles. The Labute approximate surface area is 94.9 Å². The van der Waals surface area contributed by atoms with Crippen LogP contribution in [0.3, 0.4) is 0 Å². The van der Waals surface area contributed by atoms with Gasteiger partial charge in [-0.15, -0.1) is 0 Å². The fourth-order valence-corrected chi connectivity index (χ4v) is 1.73. The zero-order valence-electron chi connectivity index (χ0n) is 8.31. The molecule has 13 heavy (non-hydrogen) atoms. The molecule has 0 aromatic heterocycles. The molecule has 0 N–H and O–H groups in total. The largest absolute Gasteiger partial charge is 0.0642 e. The number of allylic oxidation sites excluding steroid dienone is 1. The first kappa shape index (κ1) is 10.8. The normalized spacial score (nSPS) is 13.3. The Bertz CT molecular complexity index is 362. The minimum absolute atomic E-state index is 0. The average Bonchev–Trinajstić information content (AvgIpc) is 2.41. The summed E-state index contributed by atoms with van der Waals surface area (Å²) in [6.45, 7) is 6.49. The molecule has 0 bridgehead atoms. The van der Waals surface area contributed by atoms with Crippen molar-refractivity contribution in [2.75, 3.05) is 0 Å². The quantitative estimate of drug-likeness (QED) is 0.570. The Morgan fingerprint density at radius 2 is 1.38 bits per heavy atom. The van der Waals surface area contributed by atoms with Crippen molar-refractivity contribution in [3.8, 4) is 0 Å². The first-order chi connectivity index (χ1) is 5.68. The molecule has 1 aromatic rings. The minimum atomic E-state index is 0. The van der Waals surface area contributed by atoms with Gasteiger partial charge in [0.25, 0.3) is 0 Å². The van der Waals surface area contributed by atoms with Gasteiger partial charge in [-0.3, -0.25) is 0 Å². The summed E-state index contributed by atoms with van der Waals surface area (Å²) in [4.78, 5) is 0. The van der Waals surface area contributed by atoms with Crippen LogP contribution in [0.25, 0.3) is 6.08 Å². The van der Waals surface area contributed by atoms with Crippen molar-refractivity contribution in [2.24, 2.45) is 0 Å². The molecule has 0 atom stereocenters. The fraction of sp³-hybridized carbons (Fsp3) is 0.250. The van der Waals surface area contributed by atoms with Crippen molar-refractivity contribution in [1.82, 2.24) is 0 Å². The van der Waals surface area contributed by atoms with Crippen LogP contribution >= 0.6 is 0 Å². The summed E-state index contributed by atoms with van der Waals surface area (Å²) in [5.74, 6) is 0. The molecule has 0 aliphatic heterocycles. The standard InChI is InChI=1S/C12H13.Ti/c1-8-6-11-9(2)4-5-10(3)12(11)7-8;/h4-7H,1-3H3;. The summed E-state index contributed by atoms with van der Waals surface area (Å²) in [6, 6.07) is 4.38. The van der Waals surface area contributed by atoms with Crippen molar-refractivity contribution in [3.63, 3.8) is 0 Å². The molecule has 2 rings (SSSR count). The van der Waals surface area contributed by atoms with Crippen molar-refractivity contribution < 1.29 is 21.7 Å². The number of hydrogen-bond acceptors (Lipinski definition) is 0. The summed E-state index contributed by atoms with van der Waals surface area (Å²) >= 11 is 0. The smallest absolute Gasteiger partial charge is 0.0164 e. The van der Waals surface area contributed by atoms with Crippen LogP contribution in [0, 0.1) is 20.3 Å². The molecular weight excluding hydrogens is 192 g/mol. The van der Waals surface area contributed by atoms with Crippen LogP contribution in [-0.2, 0) is 21.7 Å². The van der Waals surface area contributed by atoms with E-state index in [1.54, 1.807) is 0 Å². The summed E-state index contributed by atoms with van der Waals surface area (Å²) in [6.07, 6.45) is 4.52. The topological polar surface area (TPSA) is 0 Å². The summed E-state index contributed by atoms with van der Waals surface area (Å²) in [5, 5.41) is 0. The van der Waals surface area contributed by atoms with Crippen LogP contribution in [0.1, 0.15) is 29.2 Å². The van der Waals surface area contributed by atoms with Crippen molar-refractivity contribution in [3.05, 3.63) is 46.4 Å². The van der Waals surface area contributed by atoms with E-state index in [1.165, 1.54) is 27.8 Å². The molecule has 1 radical (unpaired) electrons. The van der Waals surface area contributed by atoms with E-state index < -0.39 is 0 Å². The zero-order valence-corrected chi connectivity index (χ0v) is 9.87. The number of benzene rings is 1. The average molecular weight is 205 g/mol. The van der Waals surface area contributed by atoms with Gasteiger partial charge in [-0.05, 0) is 43.0 Å². The maximum Gasteiger partial charge on any atom is 0.0164 e. The molecule has 0 unspecified atom stereocenters. The molecule has 0 fully saturated rings. The van der Waals surface area contributed by atoms with E-state index in [0.717, 1.165) is 0 Å². The predicted molar refractivity (Wildman–Crippen MR) is 53.0 cm³/mol. The SMILES string of the molecule is CC1=Cc2c(C)ccc(C)c2[CH]1.[Ti]. The molecule has 1 aliphatic rings. The maximum atomic E-state index is 2.26. The number of rotatable bonds is 0. The van der Waals surface area contributed by atoms with Crippen molar-refractivity contribution >= 4 is 6.08 Å². The maximum absolute atomic E-state index is 2.26. The molecule has 1 aliphatic carbocycles. The summed E-state index contributed by atoms with van der Waals surface area (Å²) in [7, 11) is 0. The van der Waals surface area contributed by atoms with E-state index in [4.69, 9.17) is 0 Å². The van der Waals surface area contributed by atoms with Gasteiger partial charge in [0.2, 0.25) is 0 Å². The van der Waals surface area contributed by atoms with Gasteiger partial charge in [-0.2, -0.15) is 0 Å². The van der Waals surface area contributed by atoms with E-state index in [1.807, 2.05) is 0 Å². The molecule has 0 spiro atoms.